The molecule has 74 valence electrons. The smallest absolute Gasteiger partial charge is 0.217 e. The number of carbonyl (C=O) groups excluding carboxylic acids is 1. The first-order valence-electron chi connectivity index (χ1n) is 5.10. The Balaban J connectivity index is 2.04. The van der Waals surface area contributed by atoms with Gasteiger partial charge < -0.3 is 10.4 Å². The Bertz CT molecular complexity index is 217. The maximum atomic E-state index is 10.9. The van der Waals surface area contributed by atoms with Gasteiger partial charge in [0, 0.05) is 25.5 Å². The number of hydrogen-bond acceptors (Lipinski definition) is 2. The van der Waals surface area contributed by atoms with Crippen LogP contribution in [0.3, 0.4) is 0 Å². The lowest BCUT2D eigenvalue weighted by molar-refractivity contribution is -0.120. The maximum absolute atomic E-state index is 10.9. The summed E-state index contributed by atoms with van der Waals surface area (Å²) in [7, 11) is 0. The molecule has 4 atom stereocenters. The van der Waals surface area contributed by atoms with Gasteiger partial charge in [-0.3, -0.25) is 4.79 Å². The van der Waals surface area contributed by atoms with Crippen LogP contribution in [0.1, 0.15) is 26.2 Å². The number of aliphatic hydroxyl groups is 1. The molecular formula is C10H17NO2. The quantitative estimate of drug-likeness (QED) is 0.656. The predicted octanol–water partition coefficient (Wildman–Crippen LogP) is 0.529. The van der Waals surface area contributed by atoms with Crippen molar-refractivity contribution in [2.75, 3.05) is 6.61 Å². The van der Waals surface area contributed by atoms with E-state index in [0.717, 1.165) is 0 Å². The van der Waals surface area contributed by atoms with Crippen LogP contribution >= 0.6 is 0 Å². The van der Waals surface area contributed by atoms with Crippen LogP contribution in [-0.4, -0.2) is 23.7 Å². The van der Waals surface area contributed by atoms with Gasteiger partial charge in [-0.15, -0.1) is 0 Å². The van der Waals surface area contributed by atoms with Gasteiger partial charge in [-0.1, -0.05) is 0 Å². The van der Waals surface area contributed by atoms with Gasteiger partial charge in [0.2, 0.25) is 5.91 Å². The van der Waals surface area contributed by atoms with Gasteiger partial charge in [0.1, 0.15) is 0 Å². The van der Waals surface area contributed by atoms with E-state index in [1.165, 1.54) is 19.3 Å². The van der Waals surface area contributed by atoms with Crippen LogP contribution < -0.4 is 5.32 Å². The average Bonchev–Trinajstić information content (AvgIpc) is 2.62. The standard InChI is InChI=1S/C10H17NO2/c1-6(13)11-10-8-3-2-7(4-8)9(10)5-12/h7-10,12H,2-5H2,1H3,(H,11,13). The summed E-state index contributed by atoms with van der Waals surface area (Å²) in [4.78, 5) is 10.9. The van der Waals surface area contributed by atoms with Gasteiger partial charge >= 0.3 is 0 Å². The van der Waals surface area contributed by atoms with Crippen molar-refractivity contribution in [1.82, 2.24) is 5.32 Å². The number of rotatable bonds is 2. The minimum absolute atomic E-state index is 0.0380. The minimum Gasteiger partial charge on any atom is -0.396 e. The number of aliphatic hydroxyl groups excluding tert-OH is 1. The Labute approximate surface area is 78.5 Å². The number of amides is 1. The molecule has 2 saturated carbocycles. The third-order valence-electron chi connectivity index (χ3n) is 3.67. The monoisotopic (exact) mass is 183 g/mol. The predicted molar refractivity (Wildman–Crippen MR) is 49.0 cm³/mol. The zero-order valence-electron chi connectivity index (χ0n) is 7.99. The topological polar surface area (TPSA) is 49.3 Å². The molecule has 0 aromatic carbocycles. The van der Waals surface area contributed by atoms with Crippen LogP contribution in [0.15, 0.2) is 0 Å². The lowest BCUT2D eigenvalue weighted by Gasteiger charge is -2.29. The highest BCUT2D eigenvalue weighted by atomic mass is 16.3. The summed E-state index contributed by atoms with van der Waals surface area (Å²) < 4.78 is 0. The van der Waals surface area contributed by atoms with Gasteiger partial charge in [-0.25, -0.2) is 0 Å². The van der Waals surface area contributed by atoms with Gasteiger partial charge in [-0.2, -0.15) is 0 Å². The van der Waals surface area contributed by atoms with Crippen LogP contribution in [0.25, 0.3) is 0 Å². The fourth-order valence-electron chi connectivity index (χ4n) is 3.13. The lowest BCUT2D eigenvalue weighted by Crippen LogP contribution is -2.44. The van der Waals surface area contributed by atoms with Crippen LogP contribution in [0.4, 0.5) is 0 Å². The second-order valence-corrected chi connectivity index (χ2v) is 4.41. The lowest BCUT2D eigenvalue weighted by atomic mass is 9.85. The number of fused-ring (bicyclic) bond motifs is 2. The fraction of sp³-hybridized carbons (Fsp3) is 0.900. The normalized spacial score (nSPS) is 42.3. The molecule has 0 heterocycles. The largest absolute Gasteiger partial charge is 0.396 e. The molecule has 0 aromatic heterocycles. The Morgan fingerprint density at radius 1 is 1.46 bits per heavy atom. The molecule has 2 N–H and O–H groups in total. The van der Waals surface area contributed by atoms with E-state index in [4.69, 9.17) is 0 Å². The fourth-order valence-corrected chi connectivity index (χ4v) is 3.13. The summed E-state index contributed by atoms with van der Waals surface area (Å²) in [5.41, 5.74) is 0. The van der Waals surface area contributed by atoms with Crippen molar-refractivity contribution >= 4 is 5.91 Å². The first-order chi connectivity index (χ1) is 6.22. The Morgan fingerprint density at radius 3 is 2.77 bits per heavy atom. The molecular weight excluding hydrogens is 166 g/mol. The molecule has 3 nitrogen and oxygen atoms in total. The van der Waals surface area contributed by atoms with Crippen molar-refractivity contribution in [2.45, 2.75) is 32.2 Å². The summed E-state index contributed by atoms with van der Waals surface area (Å²) in [6, 6.07) is 0.251. The van der Waals surface area contributed by atoms with Crippen LogP contribution in [0, 0.1) is 17.8 Å². The molecule has 2 aliphatic carbocycles. The molecule has 4 unspecified atom stereocenters. The minimum atomic E-state index is 0.0380. The van der Waals surface area contributed by atoms with Gasteiger partial charge in [-0.05, 0) is 31.1 Å². The maximum Gasteiger partial charge on any atom is 0.217 e. The summed E-state index contributed by atoms with van der Waals surface area (Å²) in [5, 5.41) is 12.2. The van der Waals surface area contributed by atoms with Crippen LogP contribution in [0.2, 0.25) is 0 Å². The van der Waals surface area contributed by atoms with Crippen molar-refractivity contribution in [3.8, 4) is 0 Å². The molecule has 2 fully saturated rings. The van der Waals surface area contributed by atoms with E-state index in [1.54, 1.807) is 6.92 Å². The van der Waals surface area contributed by atoms with E-state index in [2.05, 4.69) is 5.32 Å². The molecule has 0 saturated heterocycles. The second kappa shape index (κ2) is 3.29. The van der Waals surface area contributed by atoms with Crippen molar-refractivity contribution in [3.63, 3.8) is 0 Å². The van der Waals surface area contributed by atoms with Crippen molar-refractivity contribution in [3.05, 3.63) is 0 Å². The Morgan fingerprint density at radius 2 is 2.15 bits per heavy atom. The molecule has 3 heteroatoms. The molecule has 2 rings (SSSR count). The SMILES string of the molecule is CC(=O)NC1C2CCC(C2)C1CO. The molecule has 1 amide bonds. The zero-order valence-corrected chi connectivity index (χ0v) is 7.99. The van der Waals surface area contributed by atoms with Gasteiger partial charge in [0.15, 0.2) is 0 Å². The van der Waals surface area contributed by atoms with Crippen molar-refractivity contribution in [1.29, 1.82) is 0 Å². The zero-order chi connectivity index (χ0) is 9.42. The van der Waals surface area contributed by atoms with Gasteiger partial charge in [0.25, 0.3) is 0 Å². The van der Waals surface area contributed by atoms with E-state index in [-0.39, 0.29) is 18.6 Å². The molecule has 2 aliphatic rings. The van der Waals surface area contributed by atoms with Crippen molar-refractivity contribution < 1.29 is 9.90 Å². The summed E-state index contributed by atoms with van der Waals surface area (Å²) in [5.74, 6) is 1.65. The second-order valence-electron chi connectivity index (χ2n) is 4.41. The van der Waals surface area contributed by atoms with E-state index >= 15 is 0 Å². The average molecular weight is 183 g/mol. The highest BCUT2D eigenvalue weighted by molar-refractivity contribution is 5.73. The van der Waals surface area contributed by atoms with E-state index < -0.39 is 0 Å². The highest BCUT2D eigenvalue weighted by Crippen LogP contribution is 2.48. The van der Waals surface area contributed by atoms with E-state index in [0.29, 0.717) is 17.8 Å². The van der Waals surface area contributed by atoms with Gasteiger partial charge in [0.05, 0.1) is 0 Å². The molecule has 13 heavy (non-hydrogen) atoms. The first-order valence-corrected chi connectivity index (χ1v) is 5.10. The number of hydrogen-bond donors (Lipinski definition) is 2. The molecule has 2 bridgehead atoms. The first kappa shape index (κ1) is 9.00. The molecule has 0 aromatic rings. The third-order valence-corrected chi connectivity index (χ3v) is 3.67. The number of nitrogens with one attached hydrogen (secondary N) is 1. The third kappa shape index (κ3) is 1.46. The highest BCUT2D eigenvalue weighted by Gasteiger charge is 2.47. The van der Waals surface area contributed by atoms with Crippen molar-refractivity contribution in [2.24, 2.45) is 17.8 Å². The van der Waals surface area contributed by atoms with E-state index in [1.807, 2.05) is 0 Å². The van der Waals surface area contributed by atoms with Crippen LogP contribution in [0.5, 0.6) is 0 Å². The number of carbonyl (C=O) groups is 1. The summed E-state index contributed by atoms with van der Waals surface area (Å²) >= 11 is 0. The van der Waals surface area contributed by atoms with E-state index in [9.17, 15) is 9.90 Å². The molecule has 0 radical (unpaired) electrons. The summed E-state index contributed by atoms with van der Waals surface area (Å²) in [6.45, 7) is 1.78. The summed E-state index contributed by atoms with van der Waals surface area (Å²) in [6.07, 6.45) is 3.67. The molecule has 0 spiro atoms. The Hall–Kier alpha value is -0.570. The van der Waals surface area contributed by atoms with Crippen LogP contribution in [-0.2, 0) is 4.79 Å². The molecule has 0 aliphatic heterocycles. The Kier molecular flexibility index (Phi) is 2.28.